The fourth-order valence-corrected chi connectivity index (χ4v) is 6.37. The Morgan fingerprint density at radius 2 is 1.82 bits per heavy atom. The fourth-order valence-electron chi connectivity index (χ4n) is 6.37. The highest BCUT2D eigenvalue weighted by molar-refractivity contribution is 5.96. The lowest BCUT2D eigenvalue weighted by atomic mass is 9.72. The molecule has 4 N–H and O–H groups in total. The molecule has 0 bridgehead atoms. The number of aromatic nitrogens is 2. The summed E-state index contributed by atoms with van der Waals surface area (Å²) in [4.78, 5) is 33.4. The summed E-state index contributed by atoms with van der Waals surface area (Å²) in [6.45, 7) is 2.46. The second-order valence-electron chi connectivity index (χ2n) is 11.6. The number of alkyl carbamates (subject to hydrolysis) is 1. The highest BCUT2D eigenvalue weighted by atomic mass is 19.1. The van der Waals surface area contributed by atoms with Crippen molar-refractivity contribution in [3.63, 3.8) is 0 Å². The standard InChI is InChI=1S/C32H35F3N4O5/c1-17-11-18(12-25(36)29(17)39-31(41)43-2)21-5-8-37-16-19(21)13-27(40)26-4-3-22(33)30(38-26)28-23(34)14-20(15-24(28)35)32(42)6-9-44-10-7-32/h3-5,8,14-18,25,29,42H,6-7,9-13,36H2,1-2H3,(H,39,41)/t17-,18+,25+,29-/m0/s1. The average Bonchev–Trinajstić information content (AvgIpc) is 2.99. The van der Waals surface area contributed by atoms with Gasteiger partial charge in [-0.15, -0.1) is 0 Å². The van der Waals surface area contributed by atoms with Crippen LogP contribution in [-0.4, -0.2) is 59.4 Å². The van der Waals surface area contributed by atoms with Crippen molar-refractivity contribution in [3.05, 3.63) is 82.6 Å². The van der Waals surface area contributed by atoms with Gasteiger partial charge in [-0.1, -0.05) is 6.92 Å². The molecule has 1 aliphatic carbocycles. The van der Waals surface area contributed by atoms with Crippen molar-refractivity contribution >= 4 is 11.9 Å². The highest BCUT2D eigenvalue weighted by Gasteiger charge is 2.37. The van der Waals surface area contributed by atoms with Crippen molar-refractivity contribution in [2.45, 2.75) is 62.6 Å². The van der Waals surface area contributed by atoms with Gasteiger partial charge < -0.3 is 25.6 Å². The number of benzene rings is 1. The number of pyridine rings is 2. The lowest BCUT2D eigenvalue weighted by Crippen LogP contribution is -2.54. The van der Waals surface area contributed by atoms with E-state index in [9.17, 15) is 19.1 Å². The van der Waals surface area contributed by atoms with Gasteiger partial charge in [0.05, 0.1) is 18.3 Å². The minimum atomic E-state index is -1.47. The van der Waals surface area contributed by atoms with Crippen LogP contribution in [0.3, 0.4) is 0 Å². The van der Waals surface area contributed by atoms with Crippen molar-refractivity contribution in [3.8, 4) is 11.3 Å². The third-order valence-corrected chi connectivity index (χ3v) is 8.76. The number of nitrogens with one attached hydrogen (secondary N) is 1. The molecule has 9 nitrogen and oxygen atoms in total. The number of ketones is 1. The number of carbonyl (C=O) groups excluding carboxylic acids is 2. The van der Waals surface area contributed by atoms with Crippen LogP contribution in [0.4, 0.5) is 18.0 Å². The van der Waals surface area contributed by atoms with E-state index in [0.717, 1.165) is 23.8 Å². The second kappa shape index (κ2) is 13.0. The van der Waals surface area contributed by atoms with E-state index in [2.05, 4.69) is 15.3 Å². The number of nitrogens with zero attached hydrogens (tertiary/aromatic N) is 2. The molecule has 0 unspecified atom stereocenters. The maximum atomic E-state index is 15.3. The molecule has 1 saturated heterocycles. The Bertz CT molecular complexity index is 1510. The predicted molar refractivity (Wildman–Crippen MR) is 154 cm³/mol. The van der Waals surface area contributed by atoms with Crippen LogP contribution in [0.2, 0.25) is 0 Å². The minimum absolute atomic E-state index is 0.0178. The molecule has 5 rings (SSSR count). The Kier molecular flexibility index (Phi) is 9.33. The van der Waals surface area contributed by atoms with E-state index < -0.39 is 46.2 Å². The molecule has 44 heavy (non-hydrogen) atoms. The zero-order chi connectivity index (χ0) is 31.6. The maximum absolute atomic E-state index is 15.3. The molecule has 2 aromatic heterocycles. The van der Waals surface area contributed by atoms with Crippen LogP contribution < -0.4 is 11.1 Å². The number of amides is 1. The number of ether oxygens (including phenoxy) is 2. The van der Waals surface area contributed by atoms with E-state index in [1.807, 2.05) is 13.0 Å². The molecular weight excluding hydrogens is 577 g/mol. The third kappa shape index (κ3) is 6.47. The molecule has 1 amide bonds. The normalized spacial score (nSPS) is 23.2. The SMILES string of the molecule is COC(=O)N[C@@H]1[C@H](N)C[C@H](c2ccncc2CC(=O)c2ccc(F)c(-c3c(F)cc(C4(O)CCOCC4)cc3F)n2)C[C@@H]1C. The van der Waals surface area contributed by atoms with E-state index in [0.29, 0.717) is 18.4 Å². The summed E-state index contributed by atoms with van der Waals surface area (Å²) in [6, 6.07) is 5.27. The van der Waals surface area contributed by atoms with Gasteiger partial charge in [-0.25, -0.2) is 22.9 Å². The maximum Gasteiger partial charge on any atom is 0.407 e. The molecular formula is C32H35F3N4O5. The topological polar surface area (TPSA) is 137 Å². The third-order valence-electron chi connectivity index (χ3n) is 8.76. The predicted octanol–water partition coefficient (Wildman–Crippen LogP) is 4.55. The van der Waals surface area contributed by atoms with Crippen LogP contribution in [0.1, 0.15) is 65.7 Å². The van der Waals surface area contributed by atoms with Crippen LogP contribution in [0, 0.1) is 23.4 Å². The molecule has 4 atom stereocenters. The summed E-state index contributed by atoms with van der Waals surface area (Å²) >= 11 is 0. The van der Waals surface area contributed by atoms with Gasteiger partial charge in [0.2, 0.25) is 0 Å². The molecule has 1 aliphatic heterocycles. The second-order valence-corrected chi connectivity index (χ2v) is 11.6. The van der Waals surface area contributed by atoms with Gasteiger partial charge in [0.15, 0.2) is 5.78 Å². The molecule has 3 aromatic rings. The summed E-state index contributed by atoms with van der Waals surface area (Å²) in [5.41, 5.74) is 4.95. The molecule has 12 heteroatoms. The van der Waals surface area contributed by atoms with E-state index in [1.54, 1.807) is 12.4 Å². The number of hydrogen-bond acceptors (Lipinski definition) is 8. The van der Waals surface area contributed by atoms with Gasteiger partial charge in [-0.2, -0.15) is 0 Å². The highest BCUT2D eigenvalue weighted by Crippen LogP contribution is 2.38. The minimum Gasteiger partial charge on any atom is -0.453 e. The first-order valence-corrected chi connectivity index (χ1v) is 14.5. The fraction of sp³-hybridized carbons (Fsp3) is 0.438. The Morgan fingerprint density at radius 1 is 1.11 bits per heavy atom. The van der Waals surface area contributed by atoms with Crippen molar-refractivity contribution in [1.82, 2.24) is 15.3 Å². The van der Waals surface area contributed by atoms with Gasteiger partial charge in [-0.05, 0) is 71.7 Å². The summed E-state index contributed by atoms with van der Waals surface area (Å²) in [7, 11) is 1.29. The number of carbonyl (C=O) groups is 2. The first-order valence-electron chi connectivity index (χ1n) is 14.5. The summed E-state index contributed by atoms with van der Waals surface area (Å²) < 4.78 is 55.5. The number of rotatable bonds is 7. The van der Waals surface area contributed by atoms with Gasteiger partial charge in [-0.3, -0.25) is 9.78 Å². The number of nitrogens with two attached hydrogens (primary N) is 1. The first-order chi connectivity index (χ1) is 21.0. The van der Waals surface area contributed by atoms with Crippen molar-refractivity contribution in [2.24, 2.45) is 11.7 Å². The van der Waals surface area contributed by atoms with Crippen LogP contribution in [-0.2, 0) is 21.5 Å². The molecule has 234 valence electrons. The molecule has 1 aromatic carbocycles. The largest absolute Gasteiger partial charge is 0.453 e. The van der Waals surface area contributed by atoms with Crippen molar-refractivity contribution < 1.29 is 37.3 Å². The first kappa shape index (κ1) is 31.6. The number of Topliss-reactive ketones (excluding diaryl/α,β-unsaturated/α-hetero) is 1. The Morgan fingerprint density at radius 3 is 2.48 bits per heavy atom. The zero-order valence-electron chi connectivity index (χ0n) is 24.5. The van der Waals surface area contributed by atoms with Gasteiger partial charge in [0.1, 0.15) is 28.8 Å². The average molecular weight is 613 g/mol. The van der Waals surface area contributed by atoms with E-state index >= 15 is 8.78 Å². The Balaban J connectivity index is 1.38. The van der Waals surface area contributed by atoms with Gasteiger partial charge >= 0.3 is 6.09 Å². The van der Waals surface area contributed by atoms with Crippen LogP contribution in [0.5, 0.6) is 0 Å². The lowest BCUT2D eigenvalue weighted by molar-refractivity contribution is -0.0682. The molecule has 0 spiro atoms. The van der Waals surface area contributed by atoms with Gasteiger partial charge in [0.25, 0.3) is 0 Å². The number of hydrogen-bond donors (Lipinski definition) is 3. The summed E-state index contributed by atoms with van der Waals surface area (Å²) in [5, 5.41) is 13.7. The monoisotopic (exact) mass is 612 g/mol. The van der Waals surface area contributed by atoms with Gasteiger partial charge in [0, 0.05) is 57.0 Å². The molecule has 3 heterocycles. The van der Waals surface area contributed by atoms with E-state index in [1.165, 1.54) is 13.2 Å². The molecule has 2 fully saturated rings. The summed E-state index contributed by atoms with van der Waals surface area (Å²) in [5.74, 6) is -3.71. The lowest BCUT2D eigenvalue weighted by Gasteiger charge is -2.39. The Hall–Kier alpha value is -3.87. The molecule has 1 saturated carbocycles. The molecule has 0 radical (unpaired) electrons. The van der Waals surface area contributed by atoms with Crippen LogP contribution >= 0.6 is 0 Å². The number of methoxy groups -OCH3 is 1. The van der Waals surface area contributed by atoms with Crippen molar-refractivity contribution in [1.29, 1.82) is 0 Å². The molecule has 2 aliphatic rings. The number of halogens is 3. The van der Waals surface area contributed by atoms with Crippen LogP contribution in [0.15, 0.2) is 42.7 Å². The Labute approximate surface area is 253 Å². The summed E-state index contributed by atoms with van der Waals surface area (Å²) in [6.07, 6.45) is 4.06. The zero-order valence-corrected chi connectivity index (χ0v) is 24.5. The quantitative estimate of drug-likeness (QED) is 0.331. The van der Waals surface area contributed by atoms with Crippen molar-refractivity contribution in [2.75, 3.05) is 20.3 Å². The smallest absolute Gasteiger partial charge is 0.407 e. The van der Waals surface area contributed by atoms with E-state index in [-0.39, 0.29) is 67.7 Å². The number of aliphatic hydroxyl groups is 1. The van der Waals surface area contributed by atoms with E-state index in [4.69, 9.17) is 15.2 Å². The van der Waals surface area contributed by atoms with Crippen LogP contribution in [0.25, 0.3) is 11.3 Å².